The fourth-order valence-corrected chi connectivity index (χ4v) is 2.19. The van der Waals surface area contributed by atoms with Crippen molar-refractivity contribution in [2.24, 2.45) is 5.16 Å². The summed E-state index contributed by atoms with van der Waals surface area (Å²) in [4.78, 5) is 9.60. The molecule has 0 amide bonds. The van der Waals surface area contributed by atoms with E-state index in [0.29, 0.717) is 18.1 Å². The lowest BCUT2D eigenvalue weighted by molar-refractivity contribution is 0.0855. The largest absolute Gasteiger partial charge is 0.438 e. The normalized spacial score (nSPS) is 17.5. The molecule has 0 bridgehead atoms. The van der Waals surface area contributed by atoms with Crippen molar-refractivity contribution in [3.05, 3.63) is 58.3 Å². The van der Waals surface area contributed by atoms with Gasteiger partial charge in [0.05, 0.1) is 12.6 Å². The van der Waals surface area contributed by atoms with Crippen LogP contribution in [0.4, 0.5) is 0 Å². The SMILES string of the molecule is Cc1ccc(OC2=NO[C@H](c3ccc(Br)cc3)C2)cn1. The Labute approximate surface area is 125 Å². The monoisotopic (exact) mass is 332 g/mol. The smallest absolute Gasteiger partial charge is 0.235 e. The number of benzene rings is 1. The summed E-state index contributed by atoms with van der Waals surface area (Å²) in [5, 5.41) is 3.99. The minimum Gasteiger partial charge on any atom is -0.438 e. The molecule has 1 atom stereocenters. The molecule has 0 N–H and O–H groups in total. The van der Waals surface area contributed by atoms with Gasteiger partial charge >= 0.3 is 0 Å². The van der Waals surface area contributed by atoms with Gasteiger partial charge in [-0.3, -0.25) is 4.98 Å². The van der Waals surface area contributed by atoms with Crippen LogP contribution < -0.4 is 4.74 Å². The molecule has 20 heavy (non-hydrogen) atoms. The molecule has 1 aliphatic heterocycles. The number of halogens is 1. The molecule has 0 unspecified atom stereocenters. The van der Waals surface area contributed by atoms with Crippen LogP contribution in [0, 0.1) is 6.92 Å². The van der Waals surface area contributed by atoms with Gasteiger partial charge in [0.25, 0.3) is 0 Å². The lowest BCUT2D eigenvalue weighted by Crippen LogP contribution is -2.07. The highest BCUT2D eigenvalue weighted by Crippen LogP contribution is 2.29. The van der Waals surface area contributed by atoms with Crippen molar-refractivity contribution in [1.82, 2.24) is 4.98 Å². The first kappa shape index (κ1) is 13.1. The molecule has 102 valence electrons. The van der Waals surface area contributed by atoms with Crippen molar-refractivity contribution < 1.29 is 9.57 Å². The van der Waals surface area contributed by atoms with E-state index in [-0.39, 0.29) is 6.10 Å². The average molecular weight is 333 g/mol. The molecule has 0 aliphatic carbocycles. The van der Waals surface area contributed by atoms with Crippen LogP contribution in [0.3, 0.4) is 0 Å². The second-order valence-electron chi connectivity index (χ2n) is 4.57. The lowest BCUT2D eigenvalue weighted by atomic mass is 10.1. The Bertz CT molecular complexity index is 623. The maximum Gasteiger partial charge on any atom is 0.235 e. The van der Waals surface area contributed by atoms with Crippen LogP contribution in [0.2, 0.25) is 0 Å². The second kappa shape index (κ2) is 5.63. The maximum atomic E-state index is 5.66. The third kappa shape index (κ3) is 2.99. The number of rotatable bonds is 2. The first-order valence-corrected chi connectivity index (χ1v) is 7.09. The number of nitrogens with zero attached hydrogens (tertiary/aromatic N) is 2. The van der Waals surface area contributed by atoms with Crippen LogP contribution in [0.5, 0.6) is 5.75 Å². The van der Waals surface area contributed by atoms with Crippen molar-refractivity contribution >= 4 is 21.8 Å². The molecule has 1 aromatic carbocycles. The van der Waals surface area contributed by atoms with Crippen LogP contribution in [-0.4, -0.2) is 10.9 Å². The molecule has 1 aromatic heterocycles. The number of aryl methyl sites for hydroxylation is 1. The fourth-order valence-electron chi connectivity index (χ4n) is 1.92. The Kier molecular flexibility index (Phi) is 3.69. The van der Waals surface area contributed by atoms with Gasteiger partial charge in [-0.05, 0) is 36.8 Å². The quantitative estimate of drug-likeness (QED) is 0.834. The van der Waals surface area contributed by atoms with Gasteiger partial charge in [0, 0.05) is 10.2 Å². The van der Waals surface area contributed by atoms with Crippen molar-refractivity contribution in [2.75, 3.05) is 0 Å². The summed E-state index contributed by atoms with van der Waals surface area (Å²) in [6.45, 7) is 1.93. The number of hydrogen-bond donors (Lipinski definition) is 0. The van der Waals surface area contributed by atoms with E-state index in [2.05, 4.69) is 26.1 Å². The third-order valence-corrected chi connectivity index (χ3v) is 3.53. The Morgan fingerprint density at radius 3 is 2.70 bits per heavy atom. The zero-order valence-electron chi connectivity index (χ0n) is 10.9. The highest BCUT2D eigenvalue weighted by molar-refractivity contribution is 9.10. The molecule has 0 radical (unpaired) electrons. The van der Waals surface area contributed by atoms with E-state index >= 15 is 0 Å². The molecule has 3 rings (SSSR count). The fraction of sp³-hybridized carbons (Fsp3) is 0.200. The lowest BCUT2D eigenvalue weighted by Gasteiger charge is -2.08. The van der Waals surface area contributed by atoms with Gasteiger partial charge in [-0.25, -0.2) is 0 Å². The van der Waals surface area contributed by atoms with E-state index in [1.807, 2.05) is 43.3 Å². The summed E-state index contributed by atoms with van der Waals surface area (Å²) in [7, 11) is 0. The topological polar surface area (TPSA) is 43.7 Å². The Morgan fingerprint density at radius 1 is 1.20 bits per heavy atom. The first-order chi connectivity index (χ1) is 9.70. The highest BCUT2D eigenvalue weighted by atomic mass is 79.9. The van der Waals surface area contributed by atoms with Gasteiger partial charge in [-0.1, -0.05) is 33.2 Å². The average Bonchev–Trinajstić information content (AvgIpc) is 2.91. The second-order valence-corrected chi connectivity index (χ2v) is 5.49. The van der Waals surface area contributed by atoms with Gasteiger partial charge in [0.1, 0.15) is 5.75 Å². The molecule has 0 spiro atoms. The van der Waals surface area contributed by atoms with Crippen LogP contribution >= 0.6 is 15.9 Å². The number of pyridine rings is 1. The molecule has 0 fully saturated rings. The van der Waals surface area contributed by atoms with E-state index in [0.717, 1.165) is 15.7 Å². The summed E-state index contributed by atoms with van der Waals surface area (Å²) in [5.41, 5.74) is 2.03. The summed E-state index contributed by atoms with van der Waals surface area (Å²) in [5.74, 6) is 1.25. The zero-order chi connectivity index (χ0) is 13.9. The van der Waals surface area contributed by atoms with Crippen molar-refractivity contribution in [1.29, 1.82) is 0 Å². The molecule has 0 saturated carbocycles. The molecule has 4 nitrogen and oxygen atoms in total. The number of ether oxygens (including phenoxy) is 1. The maximum absolute atomic E-state index is 5.66. The van der Waals surface area contributed by atoms with Crippen molar-refractivity contribution in [3.63, 3.8) is 0 Å². The van der Waals surface area contributed by atoms with E-state index < -0.39 is 0 Å². The van der Waals surface area contributed by atoms with Crippen LogP contribution in [-0.2, 0) is 4.84 Å². The van der Waals surface area contributed by atoms with E-state index in [1.165, 1.54) is 0 Å². The summed E-state index contributed by atoms with van der Waals surface area (Å²) >= 11 is 3.41. The molecule has 0 saturated heterocycles. The van der Waals surface area contributed by atoms with E-state index in [1.54, 1.807) is 6.20 Å². The van der Waals surface area contributed by atoms with Gasteiger partial charge in [-0.2, -0.15) is 0 Å². The van der Waals surface area contributed by atoms with E-state index in [4.69, 9.17) is 9.57 Å². The Morgan fingerprint density at radius 2 is 2.00 bits per heavy atom. The minimum absolute atomic E-state index is 0.0866. The van der Waals surface area contributed by atoms with E-state index in [9.17, 15) is 0 Å². The number of hydrogen-bond acceptors (Lipinski definition) is 4. The summed E-state index contributed by atoms with van der Waals surface area (Å²) in [6.07, 6.45) is 2.22. The molecular weight excluding hydrogens is 320 g/mol. The highest BCUT2D eigenvalue weighted by Gasteiger charge is 2.24. The van der Waals surface area contributed by atoms with Crippen molar-refractivity contribution in [3.8, 4) is 5.75 Å². The molecule has 5 heteroatoms. The predicted octanol–water partition coefficient (Wildman–Crippen LogP) is 4.01. The summed E-state index contributed by atoms with van der Waals surface area (Å²) in [6, 6.07) is 11.8. The zero-order valence-corrected chi connectivity index (χ0v) is 12.5. The number of aromatic nitrogens is 1. The van der Waals surface area contributed by atoms with Crippen LogP contribution in [0.25, 0.3) is 0 Å². The van der Waals surface area contributed by atoms with Gasteiger partial charge in [0.2, 0.25) is 5.90 Å². The number of oxime groups is 1. The van der Waals surface area contributed by atoms with Crippen molar-refractivity contribution in [2.45, 2.75) is 19.4 Å². The Balaban J connectivity index is 1.64. The van der Waals surface area contributed by atoms with Gasteiger partial charge in [-0.15, -0.1) is 0 Å². The van der Waals surface area contributed by atoms with Crippen LogP contribution in [0.1, 0.15) is 23.8 Å². The van der Waals surface area contributed by atoms with Gasteiger partial charge < -0.3 is 9.57 Å². The third-order valence-electron chi connectivity index (χ3n) is 3.00. The minimum atomic E-state index is -0.0866. The van der Waals surface area contributed by atoms with Gasteiger partial charge in [0.15, 0.2) is 6.10 Å². The predicted molar refractivity (Wildman–Crippen MR) is 79.6 cm³/mol. The first-order valence-electron chi connectivity index (χ1n) is 6.29. The Hall–Kier alpha value is -1.88. The molecule has 2 heterocycles. The summed E-state index contributed by atoms with van der Waals surface area (Å²) < 4.78 is 6.70. The molecular formula is C15H13BrN2O2. The molecule has 1 aliphatic rings. The standard InChI is InChI=1S/C15H13BrN2O2/c1-10-2-7-13(9-17-10)19-15-8-14(20-18-15)11-3-5-12(16)6-4-11/h2-7,9,14H,8H2,1H3/t14-/m0/s1. The van der Waals surface area contributed by atoms with Crippen LogP contribution in [0.15, 0.2) is 52.2 Å². The molecule has 2 aromatic rings.